The minimum atomic E-state index is -4.85. The van der Waals surface area contributed by atoms with Crippen molar-refractivity contribution in [1.82, 2.24) is 0 Å². The van der Waals surface area contributed by atoms with Crippen molar-refractivity contribution in [2.45, 2.75) is 77.6 Å². The molecule has 1 aliphatic heterocycles. The molecule has 1 fully saturated rings. The molecule has 1 aromatic carbocycles. The van der Waals surface area contributed by atoms with E-state index in [0.717, 1.165) is 58.9 Å². The molecule has 12 nitrogen and oxygen atoms in total. The lowest BCUT2D eigenvalue weighted by molar-refractivity contribution is -0.347. The Labute approximate surface area is 220 Å². The summed E-state index contributed by atoms with van der Waals surface area (Å²) in [7, 11) is 0. The van der Waals surface area contributed by atoms with Crippen molar-refractivity contribution in [2.75, 3.05) is 6.61 Å². The minimum Gasteiger partial charge on any atom is -0.454 e. The summed E-state index contributed by atoms with van der Waals surface area (Å²) in [5, 5.41) is 0. The fourth-order valence-corrected chi connectivity index (χ4v) is 3.64. The van der Waals surface area contributed by atoms with Gasteiger partial charge in [0.15, 0.2) is 12.2 Å². The van der Waals surface area contributed by atoms with E-state index in [1.165, 1.54) is 0 Å². The van der Waals surface area contributed by atoms with Crippen LogP contribution in [0.25, 0.3) is 0 Å². The van der Waals surface area contributed by atoms with Crippen LogP contribution in [-0.2, 0) is 52.4 Å². The molecule has 0 N–H and O–H groups in total. The van der Waals surface area contributed by atoms with Crippen molar-refractivity contribution in [2.24, 2.45) is 0 Å². The van der Waals surface area contributed by atoms with Crippen LogP contribution in [-0.4, -0.2) is 73.5 Å². The molecule has 0 aliphatic carbocycles. The molecule has 1 saturated heterocycles. The Bertz CT molecular complexity index is 1060. The molecule has 1 aliphatic rings. The molecule has 0 amide bonds. The van der Waals surface area contributed by atoms with Crippen LogP contribution in [0.4, 0.5) is 13.2 Å². The third-order valence-electron chi connectivity index (χ3n) is 5.01. The Balaban J connectivity index is 2.42. The summed E-state index contributed by atoms with van der Waals surface area (Å²) in [6, 6.07) is 4.47. The summed E-state index contributed by atoms with van der Waals surface area (Å²) < 4.78 is 78.0. The minimum absolute atomic E-state index is 0.0172. The van der Waals surface area contributed by atoms with Gasteiger partial charge in [0.1, 0.15) is 11.7 Å². The third kappa shape index (κ3) is 9.51. The number of hydrogen-bond acceptors (Lipinski definition) is 12. The summed E-state index contributed by atoms with van der Waals surface area (Å²) in [5.41, 5.74) is -0.274. The van der Waals surface area contributed by atoms with Crippen molar-refractivity contribution in [1.29, 1.82) is 0 Å². The highest BCUT2D eigenvalue weighted by molar-refractivity contribution is 5.69. The molecule has 0 radical (unpaired) electrons. The van der Waals surface area contributed by atoms with Gasteiger partial charge in [-0.3, -0.25) is 24.0 Å². The van der Waals surface area contributed by atoms with Crippen LogP contribution in [0.1, 0.15) is 46.1 Å². The number of carbonyl (C=O) groups is 5. The standard InChI is InChI=1S/C24H27F3O12/c1-11(28)34-17-8-6-16(7-9-17)18(24(25,26)27)10-33-22-20(36-13(3)30)19(35-12(2)29)21(37-14(4)31)23(39-22)38-15(5)32/h6-9,18-23H,10H2,1-5H3/t18?,19-,20-,21+,22-,23+/m1/s1. The Morgan fingerprint density at radius 1 is 0.718 bits per heavy atom. The average molecular weight is 564 g/mol. The van der Waals surface area contributed by atoms with Gasteiger partial charge in [-0.15, -0.1) is 0 Å². The van der Waals surface area contributed by atoms with Crippen LogP contribution in [0.15, 0.2) is 24.3 Å². The van der Waals surface area contributed by atoms with E-state index >= 15 is 0 Å². The highest BCUT2D eigenvalue weighted by Gasteiger charge is 2.54. The molecule has 1 aromatic rings. The summed E-state index contributed by atoms with van der Waals surface area (Å²) in [6.45, 7) is 3.92. The zero-order valence-electron chi connectivity index (χ0n) is 21.5. The second-order valence-electron chi connectivity index (χ2n) is 8.29. The van der Waals surface area contributed by atoms with E-state index in [9.17, 15) is 37.1 Å². The molecule has 0 aromatic heterocycles. The highest BCUT2D eigenvalue weighted by atomic mass is 19.4. The van der Waals surface area contributed by atoms with Crippen molar-refractivity contribution < 1.29 is 70.3 Å². The monoisotopic (exact) mass is 564 g/mol. The SMILES string of the molecule is CC(=O)Oc1ccc(C(CO[C@@H]2O[C@H](OC(C)=O)[C@@H](OC(C)=O)[C@H](OC(C)=O)[C@H]2OC(C)=O)C(F)(F)F)cc1. The summed E-state index contributed by atoms with van der Waals surface area (Å²) in [6.07, 6.45) is -13.6. The van der Waals surface area contributed by atoms with Crippen LogP contribution < -0.4 is 4.74 Å². The van der Waals surface area contributed by atoms with Gasteiger partial charge in [-0.25, -0.2) is 0 Å². The first kappa shape index (κ1) is 31.5. The topological polar surface area (TPSA) is 150 Å². The van der Waals surface area contributed by atoms with Gasteiger partial charge in [-0.05, 0) is 17.7 Å². The number of benzene rings is 1. The Kier molecular flexibility index (Phi) is 10.8. The number of esters is 5. The first-order valence-electron chi connectivity index (χ1n) is 11.4. The van der Waals surface area contributed by atoms with E-state index in [2.05, 4.69) is 0 Å². The van der Waals surface area contributed by atoms with E-state index in [-0.39, 0.29) is 11.3 Å². The maximum Gasteiger partial charge on any atom is 0.397 e. The molecule has 0 spiro atoms. The summed E-state index contributed by atoms with van der Waals surface area (Å²) in [4.78, 5) is 58.1. The fourth-order valence-electron chi connectivity index (χ4n) is 3.64. The lowest BCUT2D eigenvalue weighted by atomic mass is 9.99. The quantitative estimate of drug-likeness (QED) is 0.246. The molecular formula is C24H27F3O12. The molecule has 6 atom stereocenters. The predicted molar refractivity (Wildman–Crippen MR) is 120 cm³/mol. The maximum atomic E-state index is 14.0. The van der Waals surface area contributed by atoms with E-state index in [4.69, 9.17) is 33.2 Å². The van der Waals surface area contributed by atoms with Gasteiger partial charge in [0.05, 0.1) is 6.61 Å². The zero-order valence-corrected chi connectivity index (χ0v) is 21.5. The first-order valence-corrected chi connectivity index (χ1v) is 11.4. The first-order chi connectivity index (χ1) is 18.1. The molecule has 15 heteroatoms. The third-order valence-corrected chi connectivity index (χ3v) is 5.01. The van der Waals surface area contributed by atoms with Crippen molar-refractivity contribution in [3.05, 3.63) is 29.8 Å². The molecular weight excluding hydrogens is 537 g/mol. The summed E-state index contributed by atoms with van der Waals surface area (Å²) >= 11 is 0. The second kappa shape index (κ2) is 13.4. The van der Waals surface area contributed by atoms with Crippen molar-refractivity contribution in [3.8, 4) is 5.75 Å². The van der Waals surface area contributed by atoms with E-state index in [0.29, 0.717) is 0 Å². The van der Waals surface area contributed by atoms with Crippen LogP contribution in [0.3, 0.4) is 0 Å². The Morgan fingerprint density at radius 3 is 1.62 bits per heavy atom. The zero-order chi connectivity index (χ0) is 29.5. The molecule has 1 unspecified atom stereocenters. The summed E-state index contributed by atoms with van der Waals surface area (Å²) in [5.74, 6) is -6.67. The smallest absolute Gasteiger partial charge is 0.397 e. The van der Waals surface area contributed by atoms with Gasteiger partial charge in [0.2, 0.25) is 18.7 Å². The number of hydrogen-bond donors (Lipinski definition) is 0. The second-order valence-corrected chi connectivity index (χ2v) is 8.29. The van der Waals surface area contributed by atoms with E-state index < -0.39 is 79.4 Å². The Hall–Kier alpha value is -3.72. The van der Waals surface area contributed by atoms with Gasteiger partial charge in [-0.1, -0.05) is 12.1 Å². The average Bonchev–Trinajstić information content (AvgIpc) is 2.77. The van der Waals surface area contributed by atoms with Crippen LogP contribution in [0.2, 0.25) is 0 Å². The molecule has 2 rings (SSSR count). The largest absolute Gasteiger partial charge is 0.454 e. The molecule has 1 heterocycles. The van der Waals surface area contributed by atoms with Crippen molar-refractivity contribution in [3.63, 3.8) is 0 Å². The number of ether oxygens (including phenoxy) is 7. The predicted octanol–water partition coefficient (Wildman–Crippen LogP) is 2.31. The molecule has 216 valence electrons. The van der Waals surface area contributed by atoms with Gasteiger partial charge in [0, 0.05) is 34.6 Å². The van der Waals surface area contributed by atoms with Crippen LogP contribution in [0, 0.1) is 0 Å². The molecule has 39 heavy (non-hydrogen) atoms. The number of halogens is 3. The Morgan fingerprint density at radius 2 is 1.18 bits per heavy atom. The molecule has 0 bridgehead atoms. The van der Waals surface area contributed by atoms with Crippen LogP contribution in [0.5, 0.6) is 5.75 Å². The van der Waals surface area contributed by atoms with E-state index in [1.807, 2.05) is 0 Å². The van der Waals surface area contributed by atoms with Crippen molar-refractivity contribution >= 4 is 29.8 Å². The van der Waals surface area contributed by atoms with Crippen LogP contribution >= 0.6 is 0 Å². The fraction of sp³-hybridized carbons (Fsp3) is 0.542. The molecule has 0 saturated carbocycles. The lowest BCUT2D eigenvalue weighted by Crippen LogP contribution is -2.62. The highest BCUT2D eigenvalue weighted by Crippen LogP contribution is 2.37. The lowest BCUT2D eigenvalue weighted by Gasteiger charge is -2.43. The van der Waals surface area contributed by atoms with Gasteiger partial charge in [-0.2, -0.15) is 13.2 Å². The van der Waals surface area contributed by atoms with Gasteiger partial charge < -0.3 is 33.2 Å². The number of carbonyl (C=O) groups excluding carboxylic acids is 5. The van der Waals surface area contributed by atoms with Gasteiger partial charge in [0.25, 0.3) is 0 Å². The number of rotatable bonds is 9. The number of alkyl halides is 3. The normalized spacial score (nSPS) is 23.6. The van der Waals surface area contributed by atoms with Gasteiger partial charge >= 0.3 is 36.0 Å². The maximum absolute atomic E-state index is 14.0. The van der Waals surface area contributed by atoms with E-state index in [1.54, 1.807) is 0 Å².